The van der Waals surface area contributed by atoms with Crippen molar-refractivity contribution in [2.45, 2.75) is 44.6 Å². The van der Waals surface area contributed by atoms with Crippen LogP contribution < -0.4 is 0 Å². The third-order valence-electron chi connectivity index (χ3n) is 5.27. The highest BCUT2D eigenvalue weighted by molar-refractivity contribution is 7.13. The second kappa shape index (κ2) is 7.66. The van der Waals surface area contributed by atoms with Crippen molar-refractivity contribution >= 4 is 17.2 Å². The number of carbonyl (C=O) groups is 1. The minimum absolute atomic E-state index is 0.196. The summed E-state index contributed by atoms with van der Waals surface area (Å²) in [6.07, 6.45) is 6.34. The van der Waals surface area contributed by atoms with Gasteiger partial charge in [0.25, 0.3) is 0 Å². The molecule has 3 heterocycles. The van der Waals surface area contributed by atoms with E-state index in [2.05, 4.69) is 15.0 Å². The molecule has 2 aromatic heterocycles. The van der Waals surface area contributed by atoms with Gasteiger partial charge in [-0.15, -0.1) is 11.3 Å². The van der Waals surface area contributed by atoms with Gasteiger partial charge in [-0.25, -0.2) is 0 Å². The van der Waals surface area contributed by atoms with Crippen LogP contribution in [0.5, 0.6) is 0 Å². The number of carbonyl (C=O) groups excluding carboxylic acids is 1. The van der Waals surface area contributed by atoms with Gasteiger partial charge in [0.2, 0.25) is 17.6 Å². The minimum atomic E-state index is 0.196. The van der Waals surface area contributed by atoms with Gasteiger partial charge in [-0.3, -0.25) is 9.69 Å². The molecular weight excluding hydrogens is 336 g/mol. The second-order valence-corrected chi connectivity index (χ2v) is 7.79. The van der Waals surface area contributed by atoms with E-state index in [1.165, 1.54) is 25.7 Å². The van der Waals surface area contributed by atoms with Gasteiger partial charge in [0.05, 0.1) is 4.88 Å². The number of hydrogen-bond acceptors (Lipinski definition) is 6. The van der Waals surface area contributed by atoms with E-state index in [9.17, 15) is 4.79 Å². The summed E-state index contributed by atoms with van der Waals surface area (Å²) in [4.78, 5) is 22.4. The zero-order valence-corrected chi connectivity index (χ0v) is 15.2. The van der Waals surface area contributed by atoms with Crippen molar-refractivity contribution in [2.75, 3.05) is 26.2 Å². The van der Waals surface area contributed by atoms with Crippen LogP contribution in [0.15, 0.2) is 22.0 Å². The molecule has 25 heavy (non-hydrogen) atoms. The smallest absolute Gasteiger partial charge is 0.227 e. The van der Waals surface area contributed by atoms with E-state index < -0.39 is 0 Å². The zero-order valence-electron chi connectivity index (χ0n) is 14.4. The molecule has 2 fully saturated rings. The molecule has 1 saturated heterocycles. The first-order chi connectivity index (χ1) is 12.3. The number of thiophene rings is 1. The van der Waals surface area contributed by atoms with Crippen molar-refractivity contribution < 1.29 is 9.32 Å². The van der Waals surface area contributed by atoms with Gasteiger partial charge < -0.3 is 9.42 Å². The lowest BCUT2D eigenvalue weighted by molar-refractivity contribution is -0.133. The van der Waals surface area contributed by atoms with Crippen LogP contribution in [-0.2, 0) is 11.2 Å². The average molecular weight is 360 g/mol. The molecule has 0 atom stereocenters. The van der Waals surface area contributed by atoms with Crippen molar-refractivity contribution in [2.24, 2.45) is 0 Å². The van der Waals surface area contributed by atoms with Crippen LogP contribution in [0.25, 0.3) is 10.7 Å². The summed E-state index contributed by atoms with van der Waals surface area (Å²) in [5.74, 6) is 1.35. The van der Waals surface area contributed by atoms with E-state index in [0.29, 0.717) is 24.6 Å². The predicted octanol–water partition coefficient (Wildman–Crippen LogP) is 2.82. The Morgan fingerprint density at radius 1 is 1.24 bits per heavy atom. The van der Waals surface area contributed by atoms with E-state index in [4.69, 9.17) is 4.52 Å². The predicted molar refractivity (Wildman–Crippen MR) is 96.3 cm³/mol. The van der Waals surface area contributed by atoms with Crippen LogP contribution in [0.1, 0.15) is 38.0 Å². The third kappa shape index (κ3) is 3.93. The third-order valence-corrected chi connectivity index (χ3v) is 6.14. The molecule has 7 heteroatoms. The monoisotopic (exact) mass is 360 g/mol. The molecule has 2 aromatic rings. The molecule has 0 spiro atoms. The van der Waals surface area contributed by atoms with Gasteiger partial charge in [-0.05, 0) is 24.3 Å². The van der Waals surface area contributed by atoms with Gasteiger partial charge in [-0.2, -0.15) is 4.98 Å². The number of hydrogen-bond donors (Lipinski definition) is 0. The van der Waals surface area contributed by atoms with Crippen LogP contribution in [0, 0.1) is 0 Å². The Balaban J connectivity index is 1.24. The first-order valence-electron chi connectivity index (χ1n) is 9.18. The molecule has 1 saturated carbocycles. The molecule has 1 amide bonds. The maximum Gasteiger partial charge on any atom is 0.227 e. The van der Waals surface area contributed by atoms with Gasteiger partial charge in [0.15, 0.2) is 0 Å². The molecule has 1 aliphatic heterocycles. The van der Waals surface area contributed by atoms with E-state index in [1.54, 1.807) is 11.3 Å². The molecule has 0 N–H and O–H groups in total. The summed E-state index contributed by atoms with van der Waals surface area (Å²) in [7, 11) is 0. The zero-order chi connectivity index (χ0) is 17.1. The first-order valence-corrected chi connectivity index (χ1v) is 10.1. The lowest BCUT2D eigenvalue weighted by Gasteiger charge is -2.38. The molecule has 0 radical (unpaired) electrons. The molecule has 4 rings (SSSR count). The topological polar surface area (TPSA) is 62.5 Å². The Morgan fingerprint density at radius 2 is 2.04 bits per heavy atom. The SMILES string of the molecule is O=C(CCc1nc(-c2cccs2)no1)N1CCN(C2CCCC2)CC1. The fraction of sp³-hybridized carbons (Fsp3) is 0.611. The number of amides is 1. The molecule has 6 nitrogen and oxygen atoms in total. The second-order valence-electron chi connectivity index (χ2n) is 6.84. The van der Waals surface area contributed by atoms with Crippen LogP contribution in [0.3, 0.4) is 0 Å². The highest BCUT2D eigenvalue weighted by atomic mass is 32.1. The van der Waals surface area contributed by atoms with E-state index in [1.807, 2.05) is 22.4 Å². The summed E-state index contributed by atoms with van der Waals surface area (Å²) in [5, 5.41) is 5.98. The van der Waals surface area contributed by atoms with Crippen LogP contribution in [0.4, 0.5) is 0 Å². The number of piperazine rings is 1. The van der Waals surface area contributed by atoms with Gasteiger partial charge in [-0.1, -0.05) is 24.1 Å². The summed E-state index contributed by atoms with van der Waals surface area (Å²) < 4.78 is 5.28. The quantitative estimate of drug-likeness (QED) is 0.820. The lowest BCUT2D eigenvalue weighted by Crippen LogP contribution is -2.51. The van der Waals surface area contributed by atoms with E-state index >= 15 is 0 Å². The van der Waals surface area contributed by atoms with Crippen LogP contribution >= 0.6 is 11.3 Å². The highest BCUT2D eigenvalue weighted by Gasteiger charge is 2.27. The summed E-state index contributed by atoms with van der Waals surface area (Å²) >= 11 is 1.58. The van der Waals surface area contributed by atoms with E-state index in [-0.39, 0.29) is 5.91 Å². The summed E-state index contributed by atoms with van der Waals surface area (Å²) in [5.41, 5.74) is 0. The van der Waals surface area contributed by atoms with Gasteiger partial charge in [0, 0.05) is 45.1 Å². The molecule has 0 aromatic carbocycles. The Morgan fingerprint density at radius 3 is 2.76 bits per heavy atom. The molecular formula is C18H24N4O2S. The normalized spacial score (nSPS) is 19.6. The Bertz CT molecular complexity index is 686. The highest BCUT2D eigenvalue weighted by Crippen LogP contribution is 2.24. The lowest BCUT2D eigenvalue weighted by atomic mass is 10.1. The van der Waals surface area contributed by atoms with Crippen LogP contribution in [0.2, 0.25) is 0 Å². The first kappa shape index (κ1) is 16.7. The largest absolute Gasteiger partial charge is 0.340 e. The van der Waals surface area contributed by atoms with Crippen molar-refractivity contribution in [3.05, 3.63) is 23.4 Å². The number of rotatable bonds is 5. The number of nitrogens with zero attached hydrogens (tertiary/aromatic N) is 4. The molecule has 134 valence electrons. The Labute approximate surface area is 151 Å². The molecule has 0 bridgehead atoms. The van der Waals surface area contributed by atoms with E-state index in [0.717, 1.165) is 37.1 Å². The molecule has 2 aliphatic rings. The molecule has 1 aliphatic carbocycles. The average Bonchev–Trinajstić information content (AvgIpc) is 3.42. The van der Waals surface area contributed by atoms with Crippen LogP contribution in [-0.4, -0.2) is 58.1 Å². The maximum atomic E-state index is 12.5. The van der Waals surface area contributed by atoms with Gasteiger partial charge in [0.1, 0.15) is 0 Å². The summed E-state index contributed by atoms with van der Waals surface area (Å²) in [6, 6.07) is 4.69. The fourth-order valence-electron chi connectivity index (χ4n) is 3.84. The fourth-order valence-corrected chi connectivity index (χ4v) is 4.49. The maximum absolute atomic E-state index is 12.5. The molecule has 0 unspecified atom stereocenters. The number of aryl methyl sites for hydroxylation is 1. The minimum Gasteiger partial charge on any atom is -0.340 e. The Kier molecular flexibility index (Phi) is 5.12. The van der Waals surface area contributed by atoms with Crippen molar-refractivity contribution in [1.82, 2.24) is 19.9 Å². The standard InChI is InChI=1S/C18H24N4O2S/c23-17(22-11-9-21(10-12-22)14-4-1-2-5-14)8-7-16-19-18(20-24-16)15-6-3-13-25-15/h3,6,13-14H,1-2,4-5,7-12H2. The number of aromatic nitrogens is 2. The van der Waals surface area contributed by atoms with Crippen molar-refractivity contribution in [1.29, 1.82) is 0 Å². The van der Waals surface area contributed by atoms with Crippen molar-refractivity contribution in [3.63, 3.8) is 0 Å². The Hall–Kier alpha value is -1.73. The van der Waals surface area contributed by atoms with Gasteiger partial charge >= 0.3 is 0 Å². The summed E-state index contributed by atoms with van der Waals surface area (Å²) in [6.45, 7) is 3.72. The van der Waals surface area contributed by atoms with Crippen molar-refractivity contribution in [3.8, 4) is 10.7 Å².